The third-order valence-corrected chi connectivity index (χ3v) is 4.55. The molecule has 3 aromatic rings. The molecule has 24 heavy (non-hydrogen) atoms. The highest BCUT2D eigenvalue weighted by Gasteiger charge is 2.24. The van der Waals surface area contributed by atoms with Crippen LogP contribution >= 0.6 is 0 Å². The quantitative estimate of drug-likeness (QED) is 0.782. The number of rotatable bonds is 2. The monoisotopic (exact) mass is 327 g/mol. The molecule has 1 aliphatic rings. The van der Waals surface area contributed by atoms with Crippen molar-refractivity contribution in [1.29, 1.82) is 0 Å². The van der Waals surface area contributed by atoms with Crippen molar-refractivity contribution in [2.45, 2.75) is 32.9 Å². The number of nitrogens with zero attached hydrogens (tertiary/aromatic N) is 4. The van der Waals surface area contributed by atoms with Gasteiger partial charge in [0.2, 0.25) is 0 Å². The second-order valence-electron chi connectivity index (χ2n) is 6.35. The summed E-state index contributed by atoms with van der Waals surface area (Å²) in [5.74, 6) is -0.170. The van der Waals surface area contributed by atoms with Crippen molar-refractivity contribution in [3.8, 4) is 11.4 Å². The van der Waals surface area contributed by atoms with Crippen LogP contribution in [0.25, 0.3) is 17.0 Å². The maximum absolute atomic E-state index is 14.0. The molecule has 0 radical (unpaired) electrons. The Hall–Kier alpha value is -2.54. The Morgan fingerprint density at radius 1 is 1.29 bits per heavy atom. The van der Waals surface area contributed by atoms with Crippen LogP contribution in [0.5, 0.6) is 0 Å². The topological polar surface area (TPSA) is 66.3 Å². The molecular formula is C17H18FN5O. The first-order chi connectivity index (χ1) is 11.5. The number of benzene rings is 1. The summed E-state index contributed by atoms with van der Waals surface area (Å²) in [7, 11) is 0. The fraction of sp³-hybridized carbons (Fsp3) is 0.353. The minimum Gasteiger partial charge on any atom is -0.309 e. The first kappa shape index (κ1) is 15.0. The number of nitrogens with one attached hydrogen (secondary N) is 1. The van der Waals surface area contributed by atoms with Crippen molar-refractivity contribution in [2.24, 2.45) is 0 Å². The SMILES string of the molecule is CC(C)N1CCc2[nH]c(=O)n3nc(-c4ccccc4F)nc3c2C1. The van der Waals surface area contributed by atoms with Gasteiger partial charge in [0.25, 0.3) is 0 Å². The molecule has 0 fully saturated rings. The van der Waals surface area contributed by atoms with Gasteiger partial charge in [-0.1, -0.05) is 12.1 Å². The van der Waals surface area contributed by atoms with Crippen molar-refractivity contribution in [2.75, 3.05) is 6.54 Å². The maximum atomic E-state index is 14.0. The van der Waals surface area contributed by atoms with E-state index in [1.165, 1.54) is 10.6 Å². The molecule has 3 heterocycles. The molecule has 0 amide bonds. The summed E-state index contributed by atoms with van der Waals surface area (Å²) in [6.07, 6.45) is 0.765. The maximum Gasteiger partial charge on any atom is 0.348 e. The van der Waals surface area contributed by atoms with E-state index in [-0.39, 0.29) is 11.5 Å². The average Bonchev–Trinajstić information content (AvgIpc) is 3.01. The van der Waals surface area contributed by atoms with Gasteiger partial charge in [0.15, 0.2) is 11.5 Å². The minimum atomic E-state index is -0.400. The van der Waals surface area contributed by atoms with Gasteiger partial charge in [-0.2, -0.15) is 4.52 Å². The van der Waals surface area contributed by atoms with E-state index < -0.39 is 5.82 Å². The lowest BCUT2D eigenvalue weighted by Crippen LogP contribution is -2.38. The highest BCUT2D eigenvalue weighted by Crippen LogP contribution is 2.24. The van der Waals surface area contributed by atoms with E-state index in [1.54, 1.807) is 18.2 Å². The van der Waals surface area contributed by atoms with Crippen molar-refractivity contribution >= 4 is 5.65 Å². The smallest absolute Gasteiger partial charge is 0.309 e. The number of hydrogen-bond acceptors (Lipinski definition) is 4. The average molecular weight is 327 g/mol. The molecule has 0 unspecified atom stereocenters. The van der Waals surface area contributed by atoms with Gasteiger partial charge in [-0.3, -0.25) is 4.90 Å². The van der Waals surface area contributed by atoms with Crippen LogP contribution in [-0.4, -0.2) is 37.1 Å². The Kier molecular flexibility index (Phi) is 3.45. The number of H-pyrrole nitrogens is 1. The van der Waals surface area contributed by atoms with Crippen LogP contribution in [0.2, 0.25) is 0 Å². The van der Waals surface area contributed by atoms with E-state index >= 15 is 0 Å². The number of halogens is 1. The van der Waals surface area contributed by atoms with Gasteiger partial charge in [0.1, 0.15) is 5.82 Å². The standard InChI is InChI=1S/C17H18FN5O/c1-10(2)22-8-7-14-12(9-22)16-20-15(21-23(16)17(24)19-14)11-5-3-4-6-13(11)18/h3-6,10H,7-9H2,1-2H3,(H,19,24). The summed E-state index contributed by atoms with van der Waals surface area (Å²) in [4.78, 5) is 22.0. The van der Waals surface area contributed by atoms with Crippen LogP contribution < -0.4 is 5.69 Å². The van der Waals surface area contributed by atoms with Gasteiger partial charge in [0, 0.05) is 36.8 Å². The predicted octanol–water partition coefficient (Wildman–Crippen LogP) is 1.99. The molecule has 1 aromatic carbocycles. The van der Waals surface area contributed by atoms with Gasteiger partial charge in [-0.25, -0.2) is 14.2 Å². The summed E-state index contributed by atoms with van der Waals surface area (Å²) in [6, 6.07) is 6.72. The van der Waals surface area contributed by atoms with Crippen LogP contribution in [-0.2, 0) is 13.0 Å². The fourth-order valence-corrected chi connectivity index (χ4v) is 3.16. The molecule has 0 aliphatic carbocycles. The molecule has 1 aliphatic heterocycles. The van der Waals surface area contributed by atoms with Crippen LogP contribution in [0, 0.1) is 5.82 Å². The molecule has 0 atom stereocenters. The zero-order chi connectivity index (χ0) is 16.8. The van der Waals surface area contributed by atoms with E-state index in [4.69, 9.17) is 0 Å². The zero-order valence-corrected chi connectivity index (χ0v) is 13.6. The van der Waals surface area contributed by atoms with Crippen LogP contribution in [0.15, 0.2) is 29.1 Å². The summed E-state index contributed by atoms with van der Waals surface area (Å²) in [5.41, 5.74) is 2.33. The van der Waals surface area contributed by atoms with Crippen LogP contribution in [0.3, 0.4) is 0 Å². The molecule has 0 saturated heterocycles. The minimum absolute atomic E-state index is 0.230. The predicted molar refractivity (Wildman–Crippen MR) is 88.3 cm³/mol. The molecule has 124 valence electrons. The van der Waals surface area contributed by atoms with Crippen LogP contribution in [0.1, 0.15) is 25.1 Å². The van der Waals surface area contributed by atoms with E-state index in [1.807, 2.05) is 0 Å². The van der Waals surface area contributed by atoms with Crippen molar-refractivity contribution in [3.05, 3.63) is 51.8 Å². The first-order valence-electron chi connectivity index (χ1n) is 8.04. The second kappa shape index (κ2) is 5.52. The highest BCUT2D eigenvalue weighted by atomic mass is 19.1. The summed E-state index contributed by atoms with van der Waals surface area (Å²) in [5, 5.41) is 4.22. The zero-order valence-electron chi connectivity index (χ0n) is 13.6. The van der Waals surface area contributed by atoms with Crippen molar-refractivity contribution < 1.29 is 4.39 Å². The fourth-order valence-electron chi connectivity index (χ4n) is 3.16. The lowest BCUT2D eigenvalue weighted by molar-refractivity contribution is 0.202. The van der Waals surface area contributed by atoms with Crippen LogP contribution in [0.4, 0.5) is 4.39 Å². The highest BCUT2D eigenvalue weighted by molar-refractivity contribution is 5.61. The Labute approximate surface area is 138 Å². The second-order valence-corrected chi connectivity index (χ2v) is 6.35. The van der Waals surface area contributed by atoms with Gasteiger partial charge in [0.05, 0.1) is 5.56 Å². The van der Waals surface area contributed by atoms with E-state index in [9.17, 15) is 9.18 Å². The van der Waals surface area contributed by atoms with E-state index in [0.717, 1.165) is 24.2 Å². The summed E-state index contributed by atoms with van der Waals surface area (Å²) < 4.78 is 15.3. The largest absolute Gasteiger partial charge is 0.348 e. The number of fused-ring (bicyclic) bond motifs is 3. The lowest BCUT2D eigenvalue weighted by atomic mass is 10.1. The van der Waals surface area contributed by atoms with Crippen molar-refractivity contribution in [3.63, 3.8) is 0 Å². The van der Waals surface area contributed by atoms with Gasteiger partial charge in [-0.15, -0.1) is 5.10 Å². The Morgan fingerprint density at radius 3 is 2.83 bits per heavy atom. The molecule has 0 spiro atoms. The third kappa shape index (κ3) is 2.32. The molecule has 0 bridgehead atoms. The Bertz CT molecular complexity index is 975. The van der Waals surface area contributed by atoms with E-state index in [2.05, 4.69) is 33.8 Å². The molecule has 6 nitrogen and oxygen atoms in total. The van der Waals surface area contributed by atoms with Crippen molar-refractivity contribution in [1.82, 2.24) is 24.5 Å². The van der Waals surface area contributed by atoms with Gasteiger partial charge >= 0.3 is 5.69 Å². The molecule has 2 aromatic heterocycles. The van der Waals surface area contributed by atoms with Gasteiger partial charge < -0.3 is 4.98 Å². The summed E-state index contributed by atoms with van der Waals surface area (Å²) >= 11 is 0. The molecule has 1 N–H and O–H groups in total. The lowest BCUT2D eigenvalue weighted by Gasteiger charge is -2.31. The summed E-state index contributed by atoms with van der Waals surface area (Å²) in [6.45, 7) is 5.87. The molecule has 4 rings (SSSR count). The van der Waals surface area contributed by atoms with E-state index in [0.29, 0.717) is 23.8 Å². The first-order valence-corrected chi connectivity index (χ1v) is 8.04. The molecule has 0 saturated carbocycles. The number of aromatic nitrogens is 4. The number of hydrogen-bond donors (Lipinski definition) is 1. The molecular weight excluding hydrogens is 309 g/mol. The van der Waals surface area contributed by atoms with Gasteiger partial charge in [-0.05, 0) is 26.0 Å². The Morgan fingerprint density at radius 2 is 2.08 bits per heavy atom. The number of aromatic amines is 1. The third-order valence-electron chi connectivity index (χ3n) is 4.55. The molecule has 7 heteroatoms. The normalized spacial score (nSPS) is 15.2. The Balaban J connectivity index is 1.91.